The van der Waals surface area contributed by atoms with Gasteiger partial charge in [0, 0.05) is 25.4 Å². The number of nitrogens with one attached hydrogen (secondary N) is 1. The van der Waals surface area contributed by atoms with E-state index in [0.717, 1.165) is 12.1 Å². The van der Waals surface area contributed by atoms with E-state index in [1.807, 2.05) is 0 Å². The first-order valence-electron chi connectivity index (χ1n) is 7.21. The number of halogens is 3. The summed E-state index contributed by atoms with van der Waals surface area (Å²) < 4.78 is 43.0. The highest BCUT2D eigenvalue weighted by Gasteiger charge is 2.30. The lowest BCUT2D eigenvalue weighted by atomic mass is 10.0. The first kappa shape index (κ1) is 19.2. The molecular weight excluding hydrogens is 311 g/mol. The summed E-state index contributed by atoms with van der Waals surface area (Å²) in [7, 11) is 1.56. The van der Waals surface area contributed by atoms with Gasteiger partial charge in [0.15, 0.2) is 0 Å². The molecule has 130 valence electrons. The van der Waals surface area contributed by atoms with Gasteiger partial charge in [-0.1, -0.05) is 6.07 Å². The van der Waals surface area contributed by atoms with Crippen LogP contribution in [0.15, 0.2) is 24.3 Å². The van der Waals surface area contributed by atoms with Crippen molar-refractivity contribution in [2.75, 3.05) is 19.0 Å². The molecule has 1 aromatic rings. The standard InChI is InChI=1S/C15H22F3N3O2/c1-23-8-7-11(19)5-6-13(14(20)22)21-12-4-2-3-10(9-12)15(16,17)18/h2-4,9,11,13,21H,5-8,19H2,1H3,(H2,20,22)/t11?,13-/m0/s1. The van der Waals surface area contributed by atoms with Crippen LogP contribution < -0.4 is 16.8 Å². The van der Waals surface area contributed by atoms with Crippen molar-refractivity contribution in [2.45, 2.75) is 37.5 Å². The van der Waals surface area contributed by atoms with Crippen LogP contribution in [0.5, 0.6) is 0 Å². The Hall–Kier alpha value is -1.80. The first-order chi connectivity index (χ1) is 10.7. The monoisotopic (exact) mass is 333 g/mol. The third-order valence-corrected chi connectivity index (χ3v) is 3.39. The molecule has 1 unspecified atom stereocenters. The Bertz CT molecular complexity index is 509. The van der Waals surface area contributed by atoms with E-state index in [2.05, 4.69) is 5.32 Å². The second-order valence-corrected chi connectivity index (χ2v) is 5.30. The number of primary amides is 1. The lowest BCUT2D eigenvalue weighted by Crippen LogP contribution is -2.37. The molecule has 0 bridgehead atoms. The largest absolute Gasteiger partial charge is 0.416 e. The van der Waals surface area contributed by atoms with Gasteiger partial charge in [0.2, 0.25) is 5.91 Å². The summed E-state index contributed by atoms with van der Waals surface area (Å²) >= 11 is 0. The van der Waals surface area contributed by atoms with Gasteiger partial charge in [-0.3, -0.25) is 4.79 Å². The Morgan fingerprint density at radius 1 is 1.30 bits per heavy atom. The molecule has 0 saturated carbocycles. The fourth-order valence-corrected chi connectivity index (χ4v) is 2.07. The molecule has 0 spiro atoms. The van der Waals surface area contributed by atoms with Crippen molar-refractivity contribution >= 4 is 11.6 Å². The quantitative estimate of drug-likeness (QED) is 0.645. The molecule has 8 heteroatoms. The zero-order valence-electron chi connectivity index (χ0n) is 12.9. The number of benzene rings is 1. The zero-order chi connectivity index (χ0) is 17.5. The van der Waals surface area contributed by atoms with Crippen LogP contribution in [0.2, 0.25) is 0 Å². The summed E-state index contributed by atoms with van der Waals surface area (Å²) in [6, 6.07) is 3.68. The molecule has 5 N–H and O–H groups in total. The minimum atomic E-state index is -4.44. The van der Waals surface area contributed by atoms with Crippen LogP contribution in [-0.2, 0) is 15.7 Å². The van der Waals surface area contributed by atoms with Gasteiger partial charge in [0.25, 0.3) is 0 Å². The van der Waals surface area contributed by atoms with Crippen molar-refractivity contribution in [1.82, 2.24) is 0 Å². The maximum Gasteiger partial charge on any atom is 0.416 e. The molecule has 0 aromatic heterocycles. The van der Waals surface area contributed by atoms with Crippen molar-refractivity contribution in [1.29, 1.82) is 0 Å². The van der Waals surface area contributed by atoms with E-state index >= 15 is 0 Å². The van der Waals surface area contributed by atoms with Crippen LogP contribution in [0.1, 0.15) is 24.8 Å². The average Bonchev–Trinajstić information content (AvgIpc) is 2.48. The van der Waals surface area contributed by atoms with Gasteiger partial charge < -0.3 is 21.5 Å². The number of methoxy groups -OCH3 is 1. The van der Waals surface area contributed by atoms with Gasteiger partial charge in [-0.15, -0.1) is 0 Å². The first-order valence-corrected chi connectivity index (χ1v) is 7.21. The van der Waals surface area contributed by atoms with Gasteiger partial charge >= 0.3 is 6.18 Å². The number of carbonyl (C=O) groups excluding carboxylic acids is 1. The molecule has 0 radical (unpaired) electrons. The van der Waals surface area contributed by atoms with Crippen LogP contribution in [0.4, 0.5) is 18.9 Å². The number of alkyl halides is 3. The maximum atomic E-state index is 12.7. The Labute approximate surface area is 133 Å². The number of hydrogen-bond acceptors (Lipinski definition) is 4. The maximum absolute atomic E-state index is 12.7. The summed E-state index contributed by atoms with van der Waals surface area (Å²) in [6.07, 6.45) is -2.98. The predicted molar refractivity (Wildman–Crippen MR) is 81.8 cm³/mol. The molecule has 0 aliphatic heterocycles. The summed E-state index contributed by atoms with van der Waals surface area (Å²) in [6.45, 7) is 0.503. The minimum absolute atomic E-state index is 0.167. The summed E-state index contributed by atoms with van der Waals surface area (Å²) in [5, 5.41) is 2.74. The number of nitrogens with two attached hydrogens (primary N) is 2. The minimum Gasteiger partial charge on any atom is -0.385 e. The van der Waals surface area contributed by atoms with E-state index in [4.69, 9.17) is 16.2 Å². The molecule has 1 aromatic carbocycles. The lowest BCUT2D eigenvalue weighted by Gasteiger charge is -2.19. The molecular formula is C15H22F3N3O2. The fourth-order valence-electron chi connectivity index (χ4n) is 2.07. The van der Waals surface area contributed by atoms with E-state index in [-0.39, 0.29) is 11.7 Å². The summed E-state index contributed by atoms with van der Waals surface area (Å²) in [4.78, 5) is 11.5. The number of rotatable bonds is 9. The third kappa shape index (κ3) is 6.87. The molecule has 0 fully saturated rings. The van der Waals surface area contributed by atoms with E-state index in [9.17, 15) is 18.0 Å². The zero-order valence-corrected chi connectivity index (χ0v) is 12.9. The smallest absolute Gasteiger partial charge is 0.385 e. The average molecular weight is 333 g/mol. The second kappa shape index (κ2) is 8.73. The Morgan fingerprint density at radius 2 is 2.00 bits per heavy atom. The highest BCUT2D eigenvalue weighted by Crippen LogP contribution is 2.30. The van der Waals surface area contributed by atoms with Crippen molar-refractivity contribution in [2.24, 2.45) is 11.5 Å². The Balaban J connectivity index is 2.68. The van der Waals surface area contributed by atoms with Gasteiger partial charge in [-0.2, -0.15) is 13.2 Å². The van der Waals surface area contributed by atoms with Crippen molar-refractivity contribution in [3.63, 3.8) is 0 Å². The summed E-state index contributed by atoms with van der Waals surface area (Å²) in [5.41, 5.74) is 10.6. The highest BCUT2D eigenvalue weighted by atomic mass is 19.4. The normalized spacial score (nSPS) is 14.3. The van der Waals surface area contributed by atoms with Gasteiger partial charge in [-0.05, 0) is 37.5 Å². The van der Waals surface area contributed by atoms with Crippen LogP contribution in [0.3, 0.4) is 0 Å². The Kier molecular flexibility index (Phi) is 7.31. The van der Waals surface area contributed by atoms with Crippen molar-refractivity contribution in [3.8, 4) is 0 Å². The second-order valence-electron chi connectivity index (χ2n) is 5.30. The van der Waals surface area contributed by atoms with Crippen molar-refractivity contribution < 1.29 is 22.7 Å². The van der Waals surface area contributed by atoms with E-state index in [1.165, 1.54) is 12.1 Å². The molecule has 23 heavy (non-hydrogen) atoms. The van der Waals surface area contributed by atoms with Crippen LogP contribution >= 0.6 is 0 Å². The van der Waals surface area contributed by atoms with Crippen LogP contribution in [0.25, 0.3) is 0 Å². The van der Waals surface area contributed by atoms with E-state index < -0.39 is 23.7 Å². The SMILES string of the molecule is COCCC(N)CC[C@H](Nc1cccc(C(F)(F)F)c1)C(N)=O. The van der Waals surface area contributed by atoms with Gasteiger partial charge in [0.1, 0.15) is 6.04 Å². The molecule has 0 aliphatic carbocycles. The van der Waals surface area contributed by atoms with Crippen LogP contribution in [-0.4, -0.2) is 31.7 Å². The molecule has 0 heterocycles. The van der Waals surface area contributed by atoms with Gasteiger partial charge in [-0.25, -0.2) is 0 Å². The molecule has 5 nitrogen and oxygen atoms in total. The predicted octanol–water partition coefficient (Wildman–Crippen LogP) is 2.12. The number of carbonyl (C=O) groups is 1. The van der Waals surface area contributed by atoms with Crippen molar-refractivity contribution in [3.05, 3.63) is 29.8 Å². The van der Waals surface area contributed by atoms with Crippen LogP contribution in [0, 0.1) is 0 Å². The molecule has 1 rings (SSSR count). The fraction of sp³-hybridized carbons (Fsp3) is 0.533. The number of anilines is 1. The molecule has 2 atom stereocenters. The Morgan fingerprint density at radius 3 is 2.57 bits per heavy atom. The topological polar surface area (TPSA) is 90.4 Å². The number of amides is 1. The summed E-state index contributed by atoms with van der Waals surface area (Å²) in [5.74, 6) is -0.638. The van der Waals surface area contributed by atoms with Gasteiger partial charge in [0.05, 0.1) is 5.56 Å². The lowest BCUT2D eigenvalue weighted by molar-refractivity contribution is -0.137. The molecule has 1 amide bonds. The molecule has 0 saturated heterocycles. The molecule has 0 aliphatic rings. The third-order valence-electron chi connectivity index (χ3n) is 3.39. The van der Waals surface area contributed by atoms with E-state index in [0.29, 0.717) is 25.9 Å². The van der Waals surface area contributed by atoms with E-state index in [1.54, 1.807) is 7.11 Å². The number of ether oxygens (including phenoxy) is 1. The number of hydrogen-bond donors (Lipinski definition) is 3. The highest BCUT2D eigenvalue weighted by molar-refractivity contribution is 5.82.